The van der Waals surface area contributed by atoms with E-state index in [-0.39, 0.29) is 18.6 Å². The number of nitrogens with zero attached hydrogens (tertiary/aromatic N) is 3. The standard InChI is InChI=1S/C27H27N5O3/c28-22-10-6-18(7-11-22)17-35-27(34)31-14-2-4-20(15-31)19-8-12-23(13-9-19)32-16-21-3-1-5-24(26(29)33)25(21)30-32/h1,3,5-13,16,20H,2,4,14-15,17,28H2,(H2,29,33)/t20-/m1/s1. The Balaban J connectivity index is 1.25. The van der Waals surface area contributed by atoms with Crippen LogP contribution < -0.4 is 11.5 Å². The Morgan fingerprint density at radius 3 is 2.54 bits per heavy atom. The molecule has 4 N–H and O–H groups in total. The van der Waals surface area contributed by atoms with Crippen molar-refractivity contribution in [3.63, 3.8) is 0 Å². The Morgan fingerprint density at radius 2 is 1.80 bits per heavy atom. The zero-order chi connectivity index (χ0) is 24.4. The van der Waals surface area contributed by atoms with Crippen LogP contribution in [-0.4, -0.2) is 39.8 Å². The van der Waals surface area contributed by atoms with Gasteiger partial charge in [0.25, 0.3) is 5.91 Å². The average molecular weight is 470 g/mol. The minimum absolute atomic E-state index is 0.227. The highest BCUT2D eigenvalue weighted by Gasteiger charge is 2.26. The van der Waals surface area contributed by atoms with Crippen LogP contribution in [0.4, 0.5) is 10.5 Å². The van der Waals surface area contributed by atoms with E-state index in [1.54, 1.807) is 33.8 Å². The maximum Gasteiger partial charge on any atom is 0.410 e. The lowest BCUT2D eigenvalue weighted by atomic mass is 9.91. The number of ether oxygens (including phenoxy) is 1. The van der Waals surface area contributed by atoms with E-state index in [2.05, 4.69) is 17.2 Å². The second-order valence-corrected chi connectivity index (χ2v) is 8.85. The van der Waals surface area contributed by atoms with Gasteiger partial charge in [-0.2, -0.15) is 5.10 Å². The second-order valence-electron chi connectivity index (χ2n) is 8.85. The number of carbonyl (C=O) groups excluding carboxylic acids is 2. The highest BCUT2D eigenvalue weighted by Crippen LogP contribution is 2.28. The first-order valence-corrected chi connectivity index (χ1v) is 11.6. The fourth-order valence-corrected chi connectivity index (χ4v) is 4.54. The van der Waals surface area contributed by atoms with Crippen molar-refractivity contribution < 1.29 is 14.3 Å². The highest BCUT2D eigenvalue weighted by molar-refractivity contribution is 6.04. The van der Waals surface area contributed by atoms with Crippen LogP contribution in [-0.2, 0) is 11.3 Å². The Hall–Kier alpha value is -4.33. The predicted octanol–water partition coefficient (Wildman–Crippen LogP) is 4.22. The number of primary amides is 1. The molecule has 3 aromatic carbocycles. The Labute approximate surface area is 203 Å². The van der Waals surface area contributed by atoms with Crippen LogP contribution in [0, 0.1) is 0 Å². The molecule has 0 radical (unpaired) electrons. The van der Waals surface area contributed by atoms with E-state index in [4.69, 9.17) is 16.2 Å². The molecule has 8 nitrogen and oxygen atoms in total. The van der Waals surface area contributed by atoms with Crippen molar-refractivity contribution in [2.75, 3.05) is 18.8 Å². The fraction of sp³-hybridized carbons (Fsp3) is 0.222. The van der Waals surface area contributed by atoms with Crippen LogP contribution in [0.5, 0.6) is 0 Å². The third-order valence-corrected chi connectivity index (χ3v) is 6.45. The van der Waals surface area contributed by atoms with Gasteiger partial charge in [0.05, 0.1) is 11.3 Å². The van der Waals surface area contributed by atoms with Gasteiger partial charge in [-0.15, -0.1) is 0 Å². The topological polar surface area (TPSA) is 116 Å². The molecular formula is C27H27N5O3. The first kappa shape index (κ1) is 22.5. The number of hydrogen-bond acceptors (Lipinski definition) is 5. The quantitative estimate of drug-likeness (QED) is 0.425. The molecule has 1 atom stereocenters. The lowest BCUT2D eigenvalue weighted by Gasteiger charge is -2.32. The molecule has 4 aromatic rings. The van der Waals surface area contributed by atoms with Crippen molar-refractivity contribution in [3.8, 4) is 5.69 Å². The lowest BCUT2D eigenvalue weighted by Crippen LogP contribution is -2.39. The molecule has 1 aliphatic rings. The lowest BCUT2D eigenvalue weighted by molar-refractivity contribution is 0.0858. The molecule has 8 heteroatoms. The van der Waals surface area contributed by atoms with E-state index >= 15 is 0 Å². The van der Waals surface area contributed by atoms with Gasteiger partial charge in [0.15, 0.2) is 0 Å². The molecule has 2 heterocycles. The molecule has 178 valence electrons. The van der Waals surface area contributed by atoms with Crippen molar-refractivity contribution in [2.45, 2.75) is 25.4 Å². The zero-order valence-electron chi connectivity index (χ0n) is 19.3. The minimum Gasteiger partial charge on any atom is -0.445 e. The van der Waals surface area contributed by atoms with E-state index < -0.39 is 5.91 Å². The number of fused-ring (bicyclic) bond motifs is 1. The van der Waals surface area contributed by atoms with Gasteiger partial charge in [-0.25, -0.2) is 9.48 Å². The zero-order valence-corrected chi connectivity index (χ0v) is 19.3. The molecule has 0 bridgehead atoms. The normalized spacial score (nSPS) is 15.8. The van der Waals surface area contributed by atoms with Crippen LogP contribution in [0.15, 0.2) is 72.9 Å². The van der Waals surface area contributed by atoms with Gasteiger partial charge < -0.3 is 21.1 Å². The summed E-state index contributed by atoms with van der Waals surface area (Å²) in [5, 5.41) is 5.42. The van der Waals surface area contributed by atoms with Crippen LogP contribution in [0.2, 0.25) is 0 Å². The fourth-order valence-electron chi connectivity index (χ4n) is 4.54. The molecule has 5 rings (SSSR count). The van der Waals surface area contributed by atoms with Gasteiger partial charge >= 0.3 is 6.09 Å². The number of carbonyl (C=O) groups is 2. The maximum atomic E-state index is 12.6. The molecule has 1 aromatic heterocycles. The van der Waals surface area contributed by atoms with Gasteiger partial charge in [-0.05, 0) is 54.3 Å². The van der Waals surface area contributed by atoms with Crippen LogP contribution in [0.1, 0.15) is 40.2 Å². The van der Waals surface area contributed by atoms with Gasteiger partial charge in [-0.3, -0.25) is 4.79 Å². The highest BCUT2D eigenvalue weighted by atomic mass is 16.6. The van der Waals surface area contributed by atoms with E-state index in [1.807, 2.05) is 36.5 Å². The number of piperidine rings is 1. The Morgan fingerprint density at radius 1 is 1.03 bits per heavy atom. The summed E-state index contributed by atoms with van der Waals surface area (Å²) in [6.07, 6.45) is 3.52. The summed E-state index contributed by atoms with van der Waals surface area (Å²) in [5.41, 5.74) is 15.8. The summed E-state index contributed by atoms with van der Waals surface area (Å²) in [5.74, 6) is -0.259. The summed E-state index contributed by atoms with van der Waals surface area (Å²) in [7, 11) is 0. The van der Waals surface area contributed by atoms with Gasteiger partial charge in [-0.1, -0.05) is 36.4 Å². The molecule has 1 saturated heterocycles. The number of rotatable bonds is 5. The largest absolute Gasteiger partial charge is 0.445 e. The van der Waals surface area contributed by atoms with Crippen molar-refractivity contribution in [1.82, 2.24) is 14.7 Å². The summed E-state index contributed by atoms with van der Waals surface area (Å²) < 4.78 is 7.28. The number of benzene rings is 3. The monoisotopic (exact) mass is 469 g/mol. The molecule has 0 aliphatic carbocycles. The Bertz CT molecular complexity index is 1360. The van der Waals surface area contributed by atoms with E-state index in [1.165, 1.54) is 5.56 Å². The number of amides is 2. The number of anilines is 1. The number of hydrogen-bond donors (Lipinski definition) is 2. The van der Waals surface area contributed by atoms with Crippen LogP contribution in [0.25, 0.3) is 16.6 Å². The number of aromatic nitrogens is 2. The van der Waals surface area contributed by atoms with E-state index in [0.717, 1.165) is 29.5 Å². The molecule has 1 fully saturated rings. The Kier molecular flexibility index (Phi) is 6.10. The van der Waals surface area contributed by atoms with Crippen LogP contribution >= 0.6 is 0 Å². The third kappa shape index (κ3) is 4.82. The SMILES string of the molecule is NC(=O)c1cccc2cn(-c3ccc([C@@H]4CCCN(C(=O)OCc5ccc(N)cc5)C4)cc3)nc12. The third-order valence-electron chi connectivity index (χ3n) is 6.45. The molecule has 0 saturated carbocycles. The van der Waals surface area contributed by atoms with Crippen molar-refractivity contribution >= 4 is 28.6 Å². The number of nitrogens with two attached hydrogens (primary N) is 2. The van der Waals surface area contributed by atoms with E-state index in [0.29, 0.717) is 29.9 Å². The molecule has 0 unspecified atom stereocenters. The second kappa shape index (κ2) is 9.50. The number of nitrogen functional groups attached to an aromatic ring is 1. The minimum atomic E-state index is -0.495. The summed E-state index contributed by atoms with van der Waals surface area (Å²) in [6.45, 7) is 1.54. The van der Waals surface area contributed by atoms with Crippen LogP contribution in [0.3, 0.4) is 0 Å². The molecular weight excluding hydrogens is 442 g/mol. The van der Waals surface area contributed by atoms with Crippen molar-refractivity contribution in [3.05, 3.63) is 89.6 Å². The summed E-state index contributed by atoms with van der Waals surface area (Å²) in [6, 6.07) is 20.9. The molecule has 1 aliphatic heterocycles. The molecule has 35 heavy (non-hydrogen) atoms. The maximum absolute atomic E-state index is 12.6. The van der Waals surface area contributed by atoms with Crippen molar-refractivity contribution in [2.24, 2.45) is 5.73 Å². The van der Waals surface area contributed by atoms with Crippen molar-refractivity contribution in [1.29, 1.82) is 0 Å². The molecule has 2 amide bonds. The molecule has 0 spiro atoms. The van der Waals surface area contributed by atoms with E-state index in [9.17, 15) is 9.59 Å². The first-order chi connectivity index (χ1) is 17.0. The smallest absolute Gasteiger partial charge is 0.410 e. The average Bonchev–Trinajstić information content (AvgIpc) is 3.33. The first-order valence-electron chi connectivity index (χ1n) is 11.6. The summed E-state index contributed by atoms with van der Waals surface area (Å²) >= 11 is 0. The number of likely N-dealkylation sites (tertiary alicyclic amines) is 1. The van der Waals surface area contributed by atoms with Gasteiger partial charge in [0.1, 0.15) is 12.1 Å². The van der Waals surface area contributed by atoms with Gasteiger partial charge in [0, 0.05) is 36.3 Å². The predicted molar refractivity (Wildman–Crippen MR) is 134 cm³/mol. The summed E-state index contributed by atoms with van der Waals surface area (Å²) in [4.78, 5) is 26.1. The van der Waals surface area contributed by atoms with Gasteiger partial charge in [0.2, 0.25) is 0 Å².